The van der Waals surface area contributed by atoms with Gasteiger partial charge in [-0.3, -0.25) is 14.4 Å². The predicted molar refractivity (Wildman–Crippen MR) is 182 cm³/mol. The number of unbranched alkanes of at least 4 members (excludes halogenated alkanes) is 13. The van der Waals surface area contributed by atoms with Crippen molar-refractivity contribution in [3.8, 4) is 0 Å². The lowest BCUT2D eigenvalue weighted by molar-refractivity contribution is -0.149. The molecule has 0 saturated carbocycles. The zero-order chi connectivity index (χ0) is 32.4. The average Bonchev–Trinajstić information content (AvgIpc) is 3.01. The van der Waals surface area contributed by atoms with Crippen LogP contribution in [0, 0.1) is 0 Å². The monoisotopic (exact) mass is 623 g/mol. The van der Waals surface area contributed by atoms with E-state index in [4.69, 9.17) is 14.9 Å². The molecule has 0 saturated heterocycles. The van der Waals surface area contributed by atoms with Crippen LogP contribution >= 0.6 is 0 Å². The Morgan fingerprint density at radius 3 is 1.82 bits per heavy atom. The molecule has 0 aromatic heterocycles. The number of carbonyl (C=O) groups excluding carboxylic acids is 1. The summed E-state index contributed by atoms with van der Waals surface area (Å²) in [5.74, 6) is -0.0410. The van der Waals surface area contributed by atoms with Crippen LogP contribution in [0.25, 0.3) is 0 Å². The van der Waals surface area contributed by atoms with E-state index in [-0.39, 0.29) is 12.1 Å². The Kier molecular flexibility index (Phi) is 23.9. The maximum Gasteiger partial charge on any atom is 0.306 e. The summed E-state index contributed by atoms with van der Waals surface area (Å²) in [7, 11) is 1.65. The van der Waals surface area contributed by atoms with Gasteiger partial charge in [-0.1, -0.05) is 84.5 Å². The van der Waals surface area contributed by atoms with E-state index in [1.54, 1.807) is 7.05 Å². The Balaban J connectivity index is 2.26. The third kappa shape index (κ3) is 18.7. The fourth-order valence-electron chi connectivity index (χ4n) is 5.72. The predicted octanol–water partition coefficient (Wildman–Crippen LogP) is 6.49. The van der Waals surface area contributed by atoms with E-state index < -0.39 is 17.1 Å². The molecule has 1 unspecified atom stereocenters. The van der Waals surface area contributed by atoms with E-state index in [2.05, 4.69) is 29.4 Å². The summed E-state index contributed by atoms with van der Waals surface area (Å²) in [6.45, 7) is 7.96. The highest BCUT2D eigenvalue weighted by molar-refractivity contribution is 5.73. The minimum absolute atomic E-state index is 0.0410. The first-order valence-electron chi connectivity index (χ1n) is 17.9. The molecule has 0 radical (unpaired) electrons. The summed E-state index contributed by atoms with van der Waals surface area (Å²) in [4.78, 5) is 38.2. The second kappa shape index (κ2) is 26.3. The summed E-state index contributed by atoms with van der Waals surface area (Å²) in [5.41, 5.74) is -0.0988. The van der Waals surface area contributed by atoms with E-state index in [0.717, 1.165) is 110 Å². The fourth-order valence-corrected chi connectivity index (χ4v) is 5.72. The van der Waals surface area contributed by atoms with E-state index in [1.807, 2.05) is 0 Å². The molecule has 256 valence electrons. The van der Waals surface area contributed by atoms with Gasteiger partial charge in [-0.2, -0.15) is 0 Å². The molecule has 44 heavy (non-hydrogen) atoms. The Morgan fingerprint density at radius 2 is 1.23 bits per heavy atom. The minimum atomic E-state index is -1.20. The van der Waals surface area contributed by atoms with Crippen molar-refractivity contribution in [2.75, 3.05) is 43.9 Å². The Hall–Kier alpha value is -1.97. The minimum Gasteiger partial charge on any atom is -0.462 e. The molecule has 0 spiro atoms. The van der Waals surface area contributed by atoms with Crippen LogP contribution in [0.2, 0.25) is 0 Å². The van der Waals surface area contributed by atoms with Crippen molar-refractivity contribution < 1.29 is 19.7 Å². The Bertz CT molecular complexity index is 915. The fraction of sp³-hybridized carbons (Fsp3) is 0.857. The molecule has 0 bridgehead atoms. The molecular weight excluding hydrogens is 558 g/mol. The molecule has 9 heteroatoms. The van der Waals surface area contributed by atoms with Gasteiger partial charge in [0.2, 0.25) is 0 Å². The summed E-state index contributed by atoms with van der Waals surface area (Å²) < 4.78 is 5.75. The molecule has 4 N–H and O–H groups in total. The van der Waals surface area contributed by atoms with Crippen molar-refractivity contribution in [3.05, 3.63) is 20.4 Å². The number of hydrogen-bond donors (Lipinski definition) is 4. The van der Waals surface area contributed by atoms with E-state index in [9.17, 15) is 14.4 Å². The second-order valence-electron chi connectivity index (χ2n) is 12.4. The SMILES string of the molecule is CCCCCCCCC(CC)OC(=O)CCCCCCCN(CCCCCCCC(O)O)CCCNc1c(NC)c(=O)c1=O. The number of carbonyl (C=O) groups is 1. The van der Waals surface area contributed by atoms with E-state index in [0.29, 0.717) is 30.8 Å². The van der Waals surface area contributed by atoms with Crippen molar-refractivity contribution >= 4 is 17.3 Å². The summed E-state index contributed by atoms with van der Waals surface area (Å²) >= 11 is 0. The van der Waals surface area contributed by atoms with Crippen molar-refractivity contribution in [1.29, 1.82) is 0 Å². The molecular formula is C35H65N3O6. The van der Waals surface area contributed by atoms with Gasteiger partial charge in [0.15, 0.2) is 6.29 Å². The van der Waals surface area contributed by atoms with Crippen LogP contribution in [-0.2, 0) is 9.53 Å². The van der Waals surface area contributed by atoms with Gasteiger partial charge in [0.05, 0.1) is 0 Å². The van der Waals surface area contributed by atoms with Gasteiger partial charge in [0, 0.05) is 20.0 Å². The van der Waals surface area contributed by atoms with E-state index in [1.165, 1.54) is 32.1 Å². The molecule has 0 heterocycles. The molecule has 0 aliphatic rings. The third-order valence-corrected chi connectivity index (χ3v) is 8.54. The first-order chi connectivity index (χ1) is 21.3. The maximum absolute atomic E-state index is 12.3. The van der Waals surface area contributed by atoms with Crippen molar-refractivity contribution in [1.82, 2.24) is 4.90 Å². The maximum atomic E-state index is 12.3. The van der Waals surface area contributed by atoms with Gasteiger partial charge in [-0.05, 0) is 77.4 Å². The van der Waals surface area contributed by atoms with Crippen molar-refractivity contribution in [3.63, 3.8) is 0 Å². The lowest BCUT2D eigenvalue weighted by Gasteiger charge is -2.23. The molecule has 1 rings (SSSR count). The number of anilines is 2. The van der Waals surface area contributed by atoms with Crippen LogP contribution in [0.3, 0.4) is 0 Å². The summed E-state index contributed by atoms with van der Waals surface area (Å²) in [5, 5.41) is 23.9. The number of ether oxygens (including phenoxy) is 1. The van der Waals surface area contributed by atoms with Gasteiger partial charge >= 0.3 is 5.97 Å². The van der Waals surface area contributed by atoms with Gasteiger partial charge in [0.25, 0.3) is 10.9 Å². The highest BCUT2D eigenvalue weighted by atomic mass is 16.5. The van der Waals surface area contributed by atoms with Gasteiger partial charge < -0.3 is 30.5 Å². The second-order valence-corrected chi connectivity index (χ2v) is 12.4. The largest absolute Gasteiger partial charge is 0.462 e. The molecule has 1 aromatic rings. The number of hydrogen-bond acceptors (Lipinski definition) is 9. The lowest BCUT2D eigenvalue weighted by atomic mass is 10.1. The quantitative estimate of drug-likeness (QED) is 0.0317. The average molecular weight is 624 g/mol. The number of aliphatic hydroxyl groups excluding tert-OH is 1. The van der Waals surface area contributed by atoms with E-state index >= 15 is 0 Å². The number of esters is 1. The van der Waals surface area contributed by atoms with Crippen LogP contribution in [-0.4, -0.2) is 66.7 Å². The molecule has 0 fully saturated rings. The Morgan fingerprint density at radius 1 is 0.705 bits per heavy atom. The number of aliphatic hydroxyl groups is 2. The van der Waals surface area contributed by atoms with Crippen molar-refractivity contribution in [2.24, 2.45) is 0 Å². The molecule has 1 atom stereocenters. The normalized spacial score (nSPS) is 12.3. The van der Waals surface area contributed by atoms with Crippen LogP contribution in [0.4, 0.5) is 11.4 Å². The number of nitrogens with one attached hydrogen (secondary N) is 2. The smallest absolute Gasteiger partial charge is 0.306 e. The number of nitrogens with zero attached hydrogens (tertiary/aromatic N) is 1. The topological polar surface area (TPSA) is 128 Å². The van der Waals surface area contributed by atoms with Crippen molar-refractivity contribution in [2.45, 2.75) is 161 Å². The van der Waals surface area contributed by atoms with Crippen LogP contribution in [0.5, 0.6) is 0 Å². The van der Waals surface area contributed by atoms with Gasteiger partial charge in [0.1, 0.15) is 17.5 Å². The van der Waals surface area contributed by atoms with Gasteiger partial charge in [-0.25, -0.2) is 0 Å². The van der Waals surface area contributed by atoms with Crippen LogP contribution in [0.15, 0.2) is 9.59 Å². The zero-order valence-corrected chi connectivity index (χ0v) is 28.3. The first-order valence-corrected chi connectivity index (χ1v) is 17.9. The summed E-state index contributed by atoms with van der Waals surface area (Å²) in [6, 6.07) is 0. The lowest BCUT2D eigenvalue weighted by Crippen LogP contribution is -2.37. The molecule has 0 aliphatic carbocycles. The van der Waals surface area contributed by atoms with Gasteiger partial charge in [-0.15, -0.1) is 0 Å². The molecule has 0 amide bonds. The Labute approximate surface area is 267 Å². The first kappa shape index (κ1) is 40.1. The van der Waals surface area contributed by atoms with Crippen LogP contribution < -0.4 is 21.5 Å². The molecule has 9 nitrogen and oxygen atoms in total. The number of rotatable bonds is 31. The molecule has 1 aromatic carbocycles. The van der Waals surface area contributed by atoms with Crippen LogP contribution in [0.1, 0.15) is 149 Å². The standard InChI is InChI=1S/C35H65N3O6/c1-4-6-7-8-11-16-22-29(5-2)44-31(41)24-18-13-10-15-20-27-38(26-19-14-9-12-17-23-30(39)40)28-21-25-37-33-32(36-3)34(42)35(33)43/h29-30,36-37,39-40H,4-28H2,1-3H3. The highest BCUT2D eigenvalue weighted by Crippen LogP contribution is 2.16. The third-order valence-electron chi connectivity index (χ3n) is 8.54. The molecule has 0 aliphatic heterocycles. The summed E-state index contributed by atoms with van der Waals surface area (Å²) in [6.07, 6.45) is 20.7. The zero-order valence-electron chi connectivity index (χ0n) is 28.3. The highest BCUT2D eigenvalue weighted by Gasteiger charge is 2.19.